The number of rotatable bonds is 2. The Morgan fingerprint density at radius 3 is 2.21 bits per heavy atom. The molecule has 2 unspecified atom stereocenters. The van der Waals surface area contributed by atoms with E-state index in [1.54, 1.807) is 0 Å². The fraction of sp³-hybridized carbons (Fsp3) is 0.800. The summed E-state index contributed by atoms with van der Waals surface area (Å²) in [5, 5.41) is 0.680. The second-order valence-corrected chi connectivity index (χ2v) is 5.10. The smallest absolute Gasteiger partial charge is 0.233 e. The lowest BCUT2D eigenvalue weighted by Crippen LogP contribution is -2.33. The lowest BCUT2D eigenvalue weighted by Gasteiger charge is -2.14. The Hall–Kier alpha value is -0.380. The number of likely N-dealkylation sites (tertiary alicyclic amines) is 1. The van der Waals surface area contributed by atoms with E-state index in [-0.39, 0.29) is 23.7 Å². The molecule has 2 amide bonds. The van der Waals surface area contributed by atoms with Gasteiger partial charge in [-0.15, -0.1) is 0 Å². The summed E-state index contributed by atoms with van der Waals surface area (Å²) in [6.45, 7) is 2.65. The van der Waals surface area contributed by atoms with Crippen LogP contribution in [0.25, 0.3) is 0 Å². The van der Waals surface area contributed by atoms with Gasteiger partial charge in [0.05, 0.1) is 11.8 Å². The molecule has 0 aromatic rings. The molecular formula is C10H14BrNO2. The molecule has 14 heavy (non-hydrogen) atoms. The van der Waals surface area contributed by atoms with Gasteiger partial charge in [0.2, 0.25) is 11.8 Å². The van der Waals surface area contributed by atoms with Gasteiger partial charge < -0.3 is 0 Å². The highest BCUT2D eigenvalue weighted by Crippen LogP contribution is 2.42. The third-order valence-corrected chi connectivity index (χ3v) is 3.63. The highest BCUT2D eigenvalue weighted by atomic mass is 79.9. The van der Waals surface area contributed by atoms with Crippen LogP contribution in [0.3, 0.4) is 0 Å². The molecule has 0 radical (unpaired) electrons. The highest BCUT2D eigenvalue weighted by Gasteiger charge is 2.51. The summed E-state index contributed by atoms with van der Waals surface area (Å²) in [6.07, 6.45) is 1.79. The summed E-state index contributed by atoms with van der Waals surface area (Å²) in [4.78, 5) is 25.1. The van der Waals surface area contributed by atoms with Gasteiger partial charge in [0.1, 0.15) is 0 Å². The van der Waals surface area contributed by atoms with Gasteiger partial charge in [-0.1, -0.05) is 22.9 Å². The molecule has 3 nitrogen and oxygen atoms in total. The lowest BCUT2D eigenvalue weighted by molar-refractivity contribution is -0.140. The second kappa shape index (κ2) is 3.65. The van der Waals surface area contributed by atoms with Crippen LogP contribution in [0.1, 0.15) is 19.8 Å². The van der Waals surface area contributed by atoms with E-state index in [1.165, 1.54) is 4.90 Å². The summed E-state index contributed by atoms with van der Waals surface area (Å²) in [5.74, 6) is 0.643. The Bertz CT molecular complexity index is 255. The van der Waals surface area contributed by atoms with Crippen molar-refractivity contribution < 1.29 is 9.59 Å². The van der Waals surface area contributed by atoms with Crippen LogP contribution < -0.4 is 0 Å². The van der Waals surface area contributed by atoms with Crippen LogP contribution in [-0.2, 0) is 9.59 Å². The van der Waals surface area contributed by atoms with Crippen molar-refractivity contribution in [3.05, 3.63) is 0 Å². The molecule has 1 saturated heterocycles. The van der Waals surface area contributed by atoms with Crippen LogP contribution in [0, 0.1) is 17.8 Å². The lowest BCUT2D eigenvalue weighted by atomic mass is 10.00. The number of amides is 2. The standard InChI is InChI=1S/C10H14BrNO2/c1-6-4-7-8(5-6)10(14)12(3-2-11)9(7)13/h6-8H,2-5H2,1H3. The summed E-state index contributed by atoms with van der Waals surface area (Å²) in [6, 6.07) is 0. The van der Waals surface area contributed by atoms with Crippen LogP contribution in [0.5, 0.6) is 0 Å². The van der Waals surface area contributed by atoms with Crippen molar-refractivity contribution in [1.29, 1.82) is 0 Å². The SMILES string of the molecule is CC1CC2C(=O)N(CCBr)C(=O)C2C1. The molecule has 0 spiro atoms. The first-order valence-electron chi connectivity index (χ1n) is 5.06. The summed E-state index contributed by atoms with van der Waals surface area (Å²) in [7, 11) is 0. The molecule has 0 bridgehead atoms. The minimum absolute atomic E-state index is 0.00319. The predicted octanol–water partition coefficient (Wildman–Crippen LogP) is 1.41. The van der Waals surface area contributed by atoms with E-state index in [1.807, 2.05) is 0 Å². The van der Waals surface area contributed by atoms with Crippen molar-refractivity contribution in [2.45, 2.75) is 19.8 Å². The van der Waals surface area contributed by atoms with Crippen molar-refractivity contribution >= 4 is 27.7 Å². The summed E-state index contributed by atoms with van der Waals surface area (Å²) < 4.78 is 0. The fourth-order valence-electron chi connectivity index (χ4n) is 2.65. The molecule has 1 heterocycles. The van der Waals surface area contributed by atoms with Crippen molar-refractivity contribution in [3.63, 3.8) is 0 Å². The van der Waals surface area contributed by atoms with Gasteiger partial charge in [0, 0.05) is 11.9 Å². The fourth-order valence-corrected chi connectivity index (χ4v) is 3.01. The zero-order valence-electron chi connectivity index (χ0n) is 8.20. The maximum Gasteiger partial charge on any atom is 0.233 e. The predicted molar refractivity (Wildman–Crippen MR) is 55.9 cm³/mol. The molecule has 0 aromatic carbocycles. The molecule has 2 atom stereocenters. The minimum atomic E-state index is -0.00319. The van der Waals surface area contributed by atoms with Gasteiger partial charge in [-0.05, 0) is 18.8 Å². The number of hydrogen-bond donors (Lipinski definition) is 0. The molecule has 2 fully saturated rings. The van der Waals surface area contributed by atoms with E-state index in [0.29, 0.717) is 17.8 Å². The van der Waals surface area contributed by atoms with E-state index in [9.17, 15) is 9.59 Å². The average Bonchev–Trinajstić information content (AvgIpc) is 2.61. The molecule has 1 aliphatic carbocycles. The first-order valence-corrected chi connectivity index (χ1v) is 6.18. The number of nitrogens with zero attached hydrogens (tertiary/aromatic N) is 1. The minimum Gasteiger partial charge on any atom is -0.281 e. The Balaban J connectivity index is 2.15. The number of carbonyl (C=O) groups excluding carboxylic acids is 2. The van der Waals surface area contributed by atoms with Gasteiger partial charge in [0.25, 0.3) is 0 Å². The third-order valence-electron chi connectivity index (χ3n) is 3.27. The molecular weight excluding hydrogens is 246 g/mol. The van der Waals surface area contributed by atoms with E-state index in [0.717, 1.165) is 12.8 Å². The van der Waals surface area contributed by atoms with Crippen molar-refractivity contribution in [1.82, 2.24) is 4.90 Å². The number of imide groups is 1. The third kappa shape index (κ3) is 1.40. The average molecular weight is 260 g/mol. The van der Waals surface area contributed by atoms with Crippen molar-refractivity contribution in [2.75, 3.05) is 11.9 Å². The van der Waals surface area contributed by atoms with Crippen LogP contribution >= 0.6 is 15.9 Å². The molecule has 4 heteroatoms. The maximum atomic E-state index is 11.8. The Kier molecular flexibility index (Phi) is 2.64. The maximum absolute atomic E-state index is 11.8. The number of alkyl halides is 1. The van der Waals surface area contributed by atoms with Gasteiger partial charge in [0.15, 0.2) is 0 Å². The normalized spacial score (nSPS) is 36.7. The Labute approximate surface area is 92.0 Å². The zero-order valence-corrected chi connectivity index (χ0v) is 9.79. The van der Waals surface area contributed by atoms with Crippen molar-refractivity contribution in [3.8, 4) is 0 Å². The largest absolute Gasteiger partial charge is 0.281 e. The topological polar surface area (TPSA) is 37.4 Å². The van der Waals surface area contributed by atoms with Gasteiger partial charge in [-0.3, -0.25) is 14.5 Å². The molecule has 0 aromatic heterocycles. The first kappa shape index (κ1) is 10.1. The summed E-state index contributed by atoms with van der Waals surface area (Å²) in [5.41, 5.74) is 0. The van der Waals surface area contributed by atoms with E-state index < -0.39 is 0 Å². The molecule has 78 valence electrons. The summed E-state index contributed by atoms with van der Waals surface area (Å²) >= 11 is 3.26. The van der Waals surface area contributed by atoms with Crippen LogP contribution in [0.15, 0.2) is 0 Å². The van der Waals surface area contributed by atoms with Gasteiger partial charge in [-0.25, -0.2) is 0 Å². The molecule has 1 saturated carbocycles. The zero-order chi connectivity index (χ0) is 10.3. The molecule has 0 N–H and O–H groups in total. The van der Waals surface area contributed by atoms with Crippen LogP contribution in [0.2, 0.25) is 0 Å². The number of fused-ring (bicyclic) bond motifs is 1. The Morgan fingerprint density at radius 1 is 1.29 bits per heavy atom. The quantitative estimate of drug-likeness (QED) is 0.556. The monoisotopic (exact) mass is 259 g/mol. The van der Waals surface area contributed by atoms with Gasteiger partial charge >= 0.3 is 0 Å². The van der Waals surface area contributed by atoms with Crippen LogP contribution in [-0.4, -0.2) is 28.6 Å². The van der Waals surface area contributed by atoms with Crippen LogP contribution in [0.4, 0.5) is 0 Å². The van der Waals surface area contributed by atoms with E-state index in [2.05, 4.69) is 22.9 Å². The molecule has 2 rings (SSSR count). The number of carbonyl (C=O) groups is 2. The molecule has 1 aliphatic heterocycles. The number of hydrogen-bond acceptors (Lipinski definition) is 2. The van der Waals surface area contributed by atoms with Gasteiger partial charge in [-0.2, -0.15) is 0 Å². The Morgan fingerprint density at radius 2 is 1.79 bits per heavy atom. The first-order chi connectivity index (χ1) is 6.65. The second-order valence-electron chi connectivity index (χ2n) is 4.31. The highest BCUT2D eigenvalue weighted by molar-refractivity contribution is 9.09. The number of halogens is 1. The van der Waals surface area contributed by atoms with E-state index in [4.69, 9.17) is 0 Å². The molecule has 2 aliphatic rings. The van der Waals surface area contributed by atoms with E-state index >= 15 is 0 Å². The van der Waals surface area contributed by atoms with Crippen molar-refractivity contribution in [2.24, 2.45) is 17.8 Å².